The maximum absolute atomic E-state index is 13.8. The Labute approximate surface area is 173 Å². The number of phenols is 1. The van der Waals surface area contributed by atoms with Gasteiger partial charge < -0.3 is 14.3 Å². The van der Waals surface area contributed by atoms with Crippen LogP contribution in [-0.4, -0.2) is 18.0 Å². The molecule has 0 saturated heterocycles. The summed E-state index contributed by atoms with van der Waals surface area (Å²) in [5.41, 5.74) is 2.11. The number of carbonyl (C=O) groups excluding carboxylic acids is 1. The minimum Gasteiger partial charge on any atom is -0.507 e. The molecule has 0 spiro atoms. The van der Waals surface area contributed by atoms with Crippen LogP contribution < -0.4 is 4.74 Å². The summed E-state index contributed by atoms with van der Waals surface area (Å²) < 4.78 is 11.3. The second-order valence-electron chi connectivity index (χ2n) is 7.04. The monoisotopic (exact) mass is 394 g/mol. The number of phenolic OH excluding ortho intramolecular Hbond substituents is 1. The van der Waals surface area contributed by atoms with Gasteiger partial charge in [-0.1, -0.05) is 48.5 Å². The molecule has 4 nitrogen and oxygen atoms in total. The summed E-state index contributed by atoms with van der Waals surface area (Å²) in [7, 11) is 1.60. The molecule has 1 N–H and O–H groups in total. The minimum absolute atomic E-state index is 0.0135. The highest BCUT2D eigenvalue weighted by molar-refractivity contribution is 6.24. The Morgan fingerprint density at radius 3 is 2.40 bits per heavy atom. The topological polar surface area (TPSA) is 59.7 Å². The second kappa shape index (κ2) is 7.08. The first kappa shape index (κ1) is 18.0. The molecule has 30 heavy (non-hydrogen) atoms. The third-order valence-corrected chi connectivity index (χ3v) is 5.31. The molecule has 0 saturated carbocycles. The van der Waals surface area contributed by atoms with Crippen LogP contribution in [-0.2, 0) is 0 Å². The van der Waals surface area contributed by atoms with Crippen LogP contribution in [0.5, 0.6) is 11.5 Å². The first-order valence-corrected chi connectivity index (χ1v) is 9.59. The SMILES string of the molecule is COc1ccc(-c2oc3cccc(O)c3c2C(=O)c2cccc3ccccc23)cc1. The van der Waals surface area contributed by atoms with Gasteiger partial charge in [0, 0.05) is 11.1 Å². The van der Waals surface area contributed by atoms with Gasteiger partial charge in [-0.3, -0.25) is 4.79 Å². The fraction of sp³-hybridized carbons (Fsp3) is 0.0385. The van der Waals surface area contributed by atoms with Gasteiger partial charge in [0.2, 0.25) is 0 Å². The summed E-state index contributed by atoms with van der Waals surface area (Å²) in [4.78, 5) is 13.8. The number of carbonyl (C=O) groups is 1. The van der Waals surface area contributed by atoms with E-state index in [2.05, 4.69) is 0 Å². The first-order chi connectivity index (χ1) is 14.7. The van der Waals surface area contributed by atoms with Gasteiger partial charge in [-0.25, -0.2) is 0 Å². The van der Waals surface area contributed by atoms with Gasteiger partial charge in [0.15, 0.2) is 5.78 Å². The van der Waals surface area contributed by atoms with E-state index in [9.17, 15) is 9.90 Å². The van der Waals surface area contributed by atoms with Crippen LogP contribution >= 0.6 is 0 Å². The summed E-state index contributed by atoms with van der Waals surface area (Å²) in [6, 6.07) is 25.7. The quantitative estimate of drug-likeness (QED) is 0.369. The number of aromatic hydroxyl groups is 1. The molecule has 146 valence electrons. The fourth-order valence-electron chi connectivity index (χ4n) is 3.85. The summed E-state index contributed by atoms with van der Waals surface area (Å²) in [6.07, 6.45) is 0. The predicted octanol–water partition coefficient (Wildman–Crippen LogP) is 6.20. The van der Waals surface area contributed by atoms with Gasteiger partial charge in [0.1, 0.15) is 22.8 Å². The fourth-order valence-corrected chi connectivity index (χ4v) is 3.85. The normalized spacial score (nSPS) is 11.1. The maximum Gasteiger partial charge on any atom is 0.198 e. The molecule has 4 aromatic carbocycles. The lowest BCUT2D eigenvalue weighted by molar-refractivity contribution is 0.104. The van der Waals surface area contributed by atoms with Crippen LogP contribution in [0.15, 0.2) is 89.3 Å². The van der Waals surface area contributed by atoms with E-state index in [0.717, 1.165) is 16.3 Å². The number of ketones is 1. The summed E-state index contributed by atoms with van der Waals surface area (Å²) in [5, 5.41) is 12.8. The lowest BCUT2D eigenvalue weighted by atomic mass is 9.93. The third-order valence-electron chi connectivity index (χ3n) is 5.31. The number of furan rings is 1. The van der Waals surface area contributed by atoms with Crippen molar-refractivity contribution in [2.24, 2.45) is 0 Å². The number of hydrogen-bond donors (Lipinski definition) is 1. The molecule has 0 bridgehead atoms. The molecule has 0 aliphatic heterocycles. The van der Waals surface area contributed by atoms with Crippen molar-refractivity contribution in [3.8, 4) is 22.8 Å². The summed E-state index contributed by atoms with van der Waals surface area (Å²) in [5.74, 6) is 0.948. The Bertz CT molecular complexity index is 1390. The molecule has 0 unspecified atom stereocenters. The largest absolute Gasteiger partial charge is 0.507 e. The van der Waals surface area contributed by atoms with Crippen LogP contribution in [0.3, 0.4) is 0 Å². The molecule has 0 fully saturated rings. The number of benzene rings is 4. The molecule has 0 aliphatic rings. The van der Waals surface area contributed by atoms with Gasteiger partial charge in [-0.05, 0) is 47.2 Å². The average Bonchev–Trinajstić information content (AvgIpc) is 3.19. The third kappa shape index (κ3) is 2.81. The van der Waals surface area contributed by atoms with Gasteiger partial charge in [-0.15, -0.1) is 0 Å². The minimum atomic E-state index is -0.196. The van der Waals surface area contributed by atoms with Crippen LogP contribution in [0.2, 0.25) is 0 Å². The van der Waals surface area contributed by atoms with Gasteiger partial charge in [0.05, 0.1) is 18.1 Å². The highest BCUT2D eigenvalue weighted by Crippen LogP contribution is 2.40. The molecular weight excluding hydrogens is 376 g/mol. The van der Waals surface area contributed by atoms with Crippen molar-refractivity contribution in [1.82, 2.24) is 0 Å². The Morgan fingerprint density at radius 2 is 1.60 bits per heavy atom. The smallest absolute Gasteiger partial charge is 0.198 e. The maximum atomic E-state index is 13.8. The van der Waals surface area contributed by atoms with Crippen molar-refractivity contribution in [3.63, 3.8) is 0 Å². The highest BCUT2D eigenvalue weighted by Gasteiger charge is 2.26. The van der Waals surface area contributed by atoms with Crippen molar-refractivity contribution in [2.45, 2.75) is 0 Å². The lowest BCUT2D eigenvalue weighted by Gasteiger charge is -2.08. The van der Waals surface area contributed by atoms with Crippen molar-refractivity contribution in [2.75, 3.05) is 7.11 Å². The molecule has 0 atom stereocenters. The van der Waals surface area contributed by atoms with Crippen molar-refractivity contribution >= 4 is 27.5 Å². The van der Waals surface area contributed by atoms with Gasteiger partial charge in [-0.2, -0.15) is 0 Å². The molecule has 1 heterocycles. The number of ether oxygens (including phenoxy) is 1. The standard InChI is InChI=1S/C26H18O4/c1-29-18-14-12-17(13-15-18)26-24(23-21(27)10-5-11-22(23)30-26)25(28)20-9-4-7-16-6-2-3-8-19(16)20/h2-15,27H,1H3. The van der Waals surface area contributed by atoms with Crippen LogP contribution in [0, 0.1) is 0 Å². The molecule has 4 heteroatoms. The van der Waals surface area contributed by atoms with Crippen molar-refractivity contribution in [3.05, 3.63) is 96.1 Å². The second-order valence-corrected chi connectivity index (χ2v) is 7.04. The van der Waals surface area contributed by atoms with Crippen LogP contribution in [0.4, 0.5) is 0 Å². The number of methoxy groups -OCH3 is 1. The van der Waals surface area contributed by atoms with E-state index in [-0.39, 0.29) is 11.5 Å². The number of fused-ring (bicyclic) bond motifs is 2. The lowest BCUT2D eigenvalue weighted by Crippen LogP contribution is -2.03. The average molecular weight is 394 g/mol. The first-order valence-electron chi connectivity index (χ1n) is 9.59. The van der Waals surface area contributed by atoms with E-state index in [1.54, 1.807) is 31.4 Å². The molecule has 1 aromatic heterocycles. The summed E-state index contributed by atoms with van der Waals surface area (Å²) in [6.45, 7) is 0. The Kier molecular flexibility index (Phi) is 4.25. The Hall–Kier alpha value is -4.05. The number of rotatable bonds is 4. The van der Waals surface area contributed by atoms with E-state index in [1.807, 2.05) is 60.7 Å². The van der Waals surface area contributed by atoms with E-state index in [0.29, 0.717) is 33.6 Å². The van der Waals surface area contributed by atoms with E-state index in [4.69, 9.17) is 9.15 Å². The summed E-state index contributed by atoms with van der Waals surface area (Å²) >= 11 is 0. The van der Waals surface area contributed by atoms with E-state index in [1.165, 1.54) is 0 Å². The Morgan fingerprint density at radius 1 is 0.867 bits per heavy atom. The number of hydrogen-bond acceptors (Lipinski definition) is 4. The van der Waals surface area contributed by atoms with Gasteiger partial charge >= 0.3 is 0 Å². The zero-order valence-corrected chi connectivity index (χ0v) is 16.3. The zero-order chi connectivity index (χ0) is 20.7. The molecule has 0 aliphatic carbocycles. The van der Waals surface area contributed by atoms with E-state index >= 15 is 0 Å². The molecular formula is C26H18O4. The van der Waals surface area contributed by atoms with Crippen LogP contribution in [0.1, 0.15) is 15.9 Å². The molecule has 0 amide bonds. The highest BCUT2D eigenvalue weighted by atomic mass is 16.5. The van der Waals surface area contributed by atoms with Crippen LogP contribution in [0.25, 0.3) is 33.1 Å². The molecule has 5 aromatic rings. The zero-order valence-electron chi connectivity index (χ0n) is 16.3. The predicted molar refractivity (Wildman–Crippen MR) is 117 cm³/mol. The van der Waals surface area contributed by atoms with Crippen molar-refractivity contribution in [1.29, 1.82) is 0 Å². The molecule has 0 radical (unpaired) electrons. The van der Waals surface area contributed by atoms with Gasteiger partial charge in [0.25, 0.3) is 0 Å². The molecule has 5 rings (SSSR count). The Balaban J connectivity index is 1.79. The van der Waals surface area contributed by atoms with E-state index < -0.39 is 0 Å². The van der Waals surface area contributed by atoms with Crippen molar-refractivity contribution < 1.29 is 19.1 Å².